The van der Waals surface area contributed by atoms with E-state index in [4.69, 9.17) is 10.6 Å². The number of nitrogens with two attached hydrogens (primary N) is 1. The lowest BCUT2D eigenvalue weighted by Gasteiger charge is -2.24. The maximum atomic E-state index is 11.2. The Morgan fingerprint density at radius 2 is 2.15 bits per heavy atom. The highest BCUT2D eigenvalue weighted by molar-refractivity contribution is 5.70. The van der Waals surface area contributed by atoms with Crippen LogP contribution in [0.2, 0.25) is 0 Å². The van der Waals surface area contributed by atoms with Crippen LogP contribution in [0.4, 0.5) is 0 Å². The topological polar surface area (TPSA) is 64.3 Å². The van der Waals surface area contributed by atoms with Crippen LogP contribution in [0.15, 0.2) is 0 Å². The highest BCUT2D eigenvalue weighted by Crippen LogP contribution is 2.16. The van der Waals surface area contributed by atoms with E-state index in [2.05, 4.69) is 12.3 Å². The predicted molar refractivity (Wildman–Crippen MR) is 51.9 cm³/mol. The summed E-state index contributed by atoms with van der Waals surface area (Å²) in [5.74, 6) is 4.84. The van der Waals surface area contributed by atoms with Crippen LogP contribution in [0.5, 0.6) is 0 Å². The SMILES string of the molecule is CCCC(C)(C)OC(=O)CCNN. The lowest BCUT2D eigenvalue weighted by Crippen LogP contribution is -2.31. The van der Waals surface area contributed by atoms with Crippen LogP contribution in [0.3, 0.4) is 0 Å². The quantitative estimate of drug-likeness (QED) is 0.370. The molecule has 0 spiro atoms. The molecule has 4 heteroatoms. The van der Waals surface area contributed by atoms with Crippen LogP contribution in [0.1, 0.15) is 40.0 Å². The molecule has 0 fully saturated rings. The maximum absolute atomic E-state index is 11.2. The number of nitrogens with one attached hydrogen (secondary N) is 1. The van der Waals surface area contributed by atoms with Crippen LogP contribution in [0, 0.1) is 0 Å². The summed E-state index contributed by atoms with van der Waals surface area (Å²) in [5.41, 5.74) is 2.07. The first-order valence-corrected chi connectivity index (χ1v) is 4.67. The van der Waals surface area contributed by atoms with Gasteiger partial charge in [0.1, 0.15) is 5.60 Å². The van der Waals surface area contributed by atoms with E-state index in [1.165, 1.54) is 0 Å². The number of hydrazine groups is 1. The van der Waals surface area contributed by atoms with Gasteiger partial charge in [-0.2, -0.15) is 0 Å². The number of carbonyl (C=O) groups excluding carboxylic acids is 1. The van der Waals surface area contributed by atoms with Gasteiger partial charge in [-0.25, -0.2) is 0 Å². The molecule has 0 saturated carbocycles. The van der Waals surface area contributed by atoms with Crippen molar-refractivity contribution in [1.29, 1.82) is 0 Å². The first-order valence-electron chi connectivity index (χ1n) is 4.67. The summed E-state index contributed by atoms with van der Waals surface area (Å²) in [4.78, 5) is 11.2. The second kappa shape index (κ2) is 5.94. The van der Waals surface area contributed by atoms with Crippen LogP contribution in [-0.4, -0.2) is 18.1 Å². The highest BCUT2D eigenvalue weighted by atomic mass is 16.6. The second-order valence-electron chi connectivity index (χ2n) is 3.69. The van der Waals surface area contributed by atoms with E-state index in [1.54, 1.807) is 0 Å². The number of esters is 1. The third-order valence-electron chi connectivity index (χ3n) is 1.72. The smallest absolute Gasteiger partial charge is 0.307 e. The van der Waals surface area contributed by atoms with Crippen LogP contribution < -0.4 is 11.3 Å². The molecule has 0 aliphatic carbocycles. The van der Waals surface area contributed by atoms with Gasteiger partial charge in [-0.1, -0.05) is 13.3 Å². The Hall–Kier alpha value is -0.610. The summed E-state index contributed by atoms with van der Waals surface area (Å²) in [6.07, 6.45) is 2.22. The molecule has 0 atom stereocenters. The molecule has 0 aromatic carbocycles. The largest absolute Gasteiger partial charge is 0.460 e. The molecule has 0 heterocycles. The average Bonchev–Trinajstić information content (AvgIpc) is 1.99. The Morgan fingerprint density at radius 1 is 1.54 bits per heavy atom. The van der Waals surface area contributed by atoms with Gasteiger partial charge in [0.2, 0.25) is 0 Å². The van der Waals surface area contributed by atoms with Gasteiger partial charge < -0.3 is 4.74 Å². The summed E-state index contributed by atoms with van der Waals surface area (Å²) in [6.45, 7) is 6.37. The van der Waals surface area contributed by atoms with Gasteiger partial charge in [0, 0.05) is 6.54 Å². The van der Waals surface area contributed by atoms with E-state index in [0.29, 0.717) is 13.0 Å². The summed E-state index contributed by atoms with van der Waals surface area (Å²) < 4.78 is 5.25. The van der Waals surface area contributed by atoms with E-state index >= 15 is 0 Å². The zero-order valence-corrected chi connectivity index (χ0v) is 8.72. The highest BCUT2D eigenvalue weighted by Gasteiger charge is 2.20. The molecule has 0 radical (unpaired) electrons. The van der Waals surface area contributed by atoms with Crippen molar-refractivity contribution in [3.8, 4) is 0 Å². The Balaban J connectivity index is 3.75. The van der Waals surface area contributed by atoms with E-state index in [-0.39, 0.29) is 11.6 Å². The monoisotopic (exact) mass is 188 g/mol. The Morgan fingerprint density at radius 3 is 2.62 bits per heavy atom. The molecule has 13 heavy (non-hydrogen) atoms. The standard InChI is InChI=1S/C9H20N2O2/c1-4-6-9(2,3)13-8(12)5-7-11-10/h11H,4-7,10H2,1-3H3. The Kier molecular flexibility index (Phi) is 5.66. The summed E-state index contributed by atoms with van der Waals surface area (Å²) in [5, 5.41) is 0. The molecule has 0 rings (SSSR count). The minimum atomic E-state index is -0.347. The van der Waals surface area contributed by atoms with Crippen molar-refractivity contribution in [2.24, 2.45) is 5.84 Å². The molecule has 0 amide bonds. The first-order chi connectivity index (χ1) is 6.02. The van der Waals surface area contributed by atoms with E-state index in [0.717, 1.165) is 12.8 Å². The van der Waals surface area contributed by atoms with Gasteiger partial charge in [0.15, 0.2) is 0 Å². The number of rotatable bonds is 6. The molecular weight excluding hydrogens is 168 g/mol. The minimum Gasteiger partial charge on any atom is -0.460 e. The fourth-order valence-corrected chi connectivity index (χ4v) is 1.19. The molecule has 4 nitrogen and oxygen atoms in total. The van der Waals surface area contributed by atoms with Gasteiger partial charge in [-0.05, 0) is 20.3 Å². The Bertz CT molecular complexity index is 158. The molecular formula is C9H20N2O2. The molecule has 0 bridgehead atoms. The van der Waals surface area contributed by atoms with Crippen molar-refractivity contribution in [2.75, 3.05) is 6.54 Å². The lowest BCUT2D eigenvalue weighted by atomic mass is 10.0. The zero-order chi connectivity index (χ0) is 10.3. The van der Waals surface area contributed by atoms with Crippen molar-refractivity contribution in [2.45, 2.75) is 45.6 Å². The molecule has 0 aromatic rings. The summed E-state index contributed by atoms with van der Waals surface area (Å²) in [6, 6.07) is 0. The van der Waals surface area contributed by atoms with Gasteiger partial charge in [0.05, 0.1) is 6.42 Å². The van der Waals surface area contributed by atoms with Gasteiger partial charge in [0.25, 0.3) is 0 Å². The fraction of sp³-hybridized carbons (Fsp3) is 0.889. The third kappa shape index (κ3) is 6.54. The molecule has 78 valence electrons. The lowest BCUT2D eigenvalue weighted by molar-refractivity contribution is -0.156. The molecule has 0 saturated heterocycles. The van der Waals surface area contributed by atoms with Crippen LogP contribution in [-0.2, 0) is 9.53 Å². The number of hydrogen-bond acceptors (Lipinski definition) is 4. The van der Waals surface area contributed by atoms with Gasteiger partial charge >= 0.3 is 5.97 Å². The third-order valence-corrected chi connectivity index (χ3v) is 1.72. The average molecular weight is 188 g/mol. The van der Waals surface area contributed by atoms with Crippen LogP contribution >= 0.6 is 0 Å². The summed E-state index contributed by atoms with van der Waals surface area (Å²) >= 11 is 0. The molecule has 0 aliphatic heterocycles. The molecule has 0 unspecified atom stereocenters. The van der Waals surface area contributed by atoms with E-state index in [9.17, 15) is 4.79 Å². The maximum Gasteiger partial charge on any atom is 0.307 e. The summed E-state index contributed by atoms with van der Waals surface area (Å²) in [7, 11) is 0. The van der Waals surface area contributed by atoms with Crippen LogP contribution in [0.25, 0.3) is 0 Å². The van der Waals surface area contributed by atoms with Crippen molar-refractivity contribution >= 4 is 5.97 Å². The zero-order valence-electron chi connectivity index (χ0n) is 8.72. The van der Waals surface area contributed by atoms with Crippen molar-refractivity contribution in [3.05, 3.63) is 0 Å². The van der Waals surface area contributed by atoms with Crippen molar-refractivity contribution in [1.82, 2.24) is 5.43 Å². The van der Waals surface area contributed by atoms with Gasteiger partial charge in [-0.3, -0.25) is 16.1 Å². The molecule has 0 aliphatic rings. The fourth-order valence-electron chi connectivity index (χ4n) is 1.19. The van der Waals surface area contributed by atoms with Crippen molar-refractivity contribution < 1.29 is 9.53 Å². The Labute approximate surface area is 79.8 Å². The second-order valence-corrected chi connectivity index (χ2v) is 3.69. The minimum absolute atomic E-state index is 0.198. The first kappa shape index (κ1) is 12.4. The number of carbonyl (C=O) groups is 1. The van der Waals surface area contributed by atoms with Crippen molar-refractivity contribution in [3.63, 3.8) is 0 Å². The number of ether oxygens (including phenoxy) is 1. The molecule has 0 aromatic heterocycles. The normalized spacial score (nSPS) is 11.4. The predicted octanol–water partition coefficient (Wildman–Crippen LogP) is 0.962. The number of hydrogen-bond donors (Lipinski definition) is 2. The van der Waals surface area contributed by atoms with E-state index < -0.39 is 0 Å². The van der Waals surface area contributed by atoms with Gasteiger partial charge in [-0.15, -0.1) is 0 Å². The van der Waals surface area contributed by atoms with E-state index in [1.807, 2.05) is 13.8 Å². The molecule has 3 N–H and O–H groups in total.